The number of phosphoric acid groups is 2. The Labute approximate surface area is 373 Å². The Morgan fingerprint density at radius 3 is 1.02 bits per heavy atom. The van der Waals surface area contributed by atoms with Crippen LogP contribution in [0.3, 0.4) is 0 Å². The van der Waals surface area contributed by atoms with E-state index < -0.39 is 85.5 Å². The van der Waals surface area contributed by atoms with Gasteiger partial charge in [-0.3, -0.25) is 27.7 Å². The second-order valence-electron chi connectivity index (χ2n) is 16.2. The van der Waals surface area contributed by atoms with E-state index >= 15 is 0 Å². The number of unbranched alkanes of at least 4 members (excludes halogenated alkanes) is 23. The molecule has 0 aromatic rings. The average molecular weight is 929 g/mol. The monoisotopic (exact) mass is 929 g/mol. The Bertz CT molecular complexity index is 1220. The lowest BCUT2D eigenvalue weighted by Gasteiger charge is -2.19. The third-order valence-corrected chi connectivity index (χ3v) is 11.8. The minimum atomic E-state index is -4.78. The largest absolute Gasteiger partial charge is 0.472 e. The third-order valence-electron chi connectivity index (χ3n) is 9.94. The van der Waals surface area contributed by atoms with E-state index in [1.165, 1.54) is 89.9 Å². The van der Waals surface area contributed by atoms with Crippen LogP contribution in [0.5, 0.6) is 0 Å². The maximum Gasteiger partial charge on any atom is 0.472 e. The van der Waals surface area contributed by atoms with E-state index in [0.29, 0.717) is 12.8 Å². The van der Waals surface area contributed by atoms with E-state index in [9.17, 15) is 43.8 Å². The predicted octanol–water partition coefficient (Wildman–Crippen LogP) is 10.5. The molecule has 15 nitrogen and oxygen atoms in total. The molecule has 0 aromatic carbocycles. The molecule has 5 unspecified atom stereocenters. The number of ether oxygens (including phenoxy) is 2. The van der Waals surface area contributed by atoms with Gasteiger partial charge in [-0.15, -0.1) is 0 Å². The molecule has 0 aromatic heterocycles. The summed E-state index contributed by atoms with van der Waals surface area (Å²) in [4.78, 5) is 43.7. The van der Waals surface area contributed by atoms with Gasteiger partial charge < -0.3 is 34.6 Å². The molecule has 0 amide bonds. The van der Waals surface area contributed by atoms with Crippen LogP contribution in [-0.2, 0) is 46.3 Å². The van der Waals surface area contributed by atoms with Crippen molar-refractivity contribution >= 4 is 27.6 Å². The van der Waals surface area contributed by atoms with Gasteiger partial charge in [-0.2, -0.15) is 0 Å². The van der Waals surface area contributed by atoms with Crippen LogP contribution in [-0.4, -0.2) is 95.0 Å². The van der Waals surface area contributed by atoms with Crippen LogP contribution in [0.4, 0.5) is 0 Å². The Kier molecular flexibility index (Phi) is 41.2. The van der Waals surface area contributed by atoms with Crippen molar-refractivity contribution in [3.8, 4) is 0 Å². The molecule has 0 aliphatic heterocycles. The highest BCUT2D eigenvalue weighted by molar-refractivity contribution is 7.47. The third kappa shape index (κ3) is 43.8. The fourth-order valence-electron chi connectivity index (χ4n) is 6.20. The van der Waals surface area contributed by atoms with Gasteiger partial charge in [0.1, 0.15) is 31.5 Å². The molecule has 0 heterocycles. The fourth-order valence-corrected chi connectivity index (χ4v) is 7.79. The number of hydrogen-bond donors (Lipinski definition) is 5. The molecule has 0 fully saturated rings. The molecule has 0 radical (unpaired) electrons. The van der Waals surface area contributed by atoms with Crippen LogP contribution >= 0.6 is 15.6 Å². The van der Waals surface area contributed by atoms with Crippen molar-refractivity contribution in [2.75, 3.05) is 39.6 Å². The van der Waals surface area contributed by atoms with E-state index in [0.717, 1.165) is 64.2 Å². The molecule has 0 spiro atoms. The zero-order chi connectivity index (χ0) is 46.0. The number of carbonyl (C=O) groups excluding carboxylic acids is 2. The minimum absolute atomic E-state index is 0.184. The SMILES string of the molecule is CCCCC/C=C/C=C/CCCCCCCCC(=O)OCC(O)COP(=O)(O)OCC(O)COP(=O)(O)OCC(O)COC(=O)CCCCCCCCCCCCCCCCC. The highest BCUT2D eigenvalue weighted by Gasteiger charge is 2.28. The quantitative estimate of drug-likeness (QED) is 0.0166. The lowest BCUT2D eigenvalue weighted by molar-refractivity contribution is -0.148. The van der Waals surface area contributed by atoms with Crippen molar-refractivity contribution in [1.29, 1.82) is 0 Å². The highest BCUT2D eigenvalue weighted by atomic mass is 31.2. The molecule has 0 aliphatic carbocycles. The maximum absolute atomic E-state index is 12.1. The standard InChI is InChI=1S/C45H86O15P2/c1-3-5-7-9-11-13-15-17-19-21-23-25-27-29-31-33-44(49)55-35-41(46)37-57-61(51,52)59-39-43(48)40-60-62(53,54)58-38-42(47)36-56-45(50)34-32-30-28-26-24-22-20-18-16-14-12-10-8-6-4-2/h11,13,15,17,41-43,46-48H,3-10,12,14,16,18-40H2,1-2H3,(H,51,52)(H,53,54)/b13-11+,17-15+. The Morgan fingerprint density at radius 2 is 0.677 bits per heavy atom. The Morgan fingerprint density at radius 1 is 0.419 bits per heavy atom. The highest BCUT2D eigenvalue weighted by Crippen LogP contribution is 2.45. The molecule has 0 saturated heterocycles. The van der Waals surface area contributed by atoms with Gasteiger partial charge in [-0.1, -0.05) is 167 Å². The summed E-state index contributed by atoms with van der Waals surface area (Å²) >= 11 is 0. The van der Waals surface area contributed by atoms with Gasteiger partial charge in [-0.25, -0.2) is 9.13 Å². The van der Waals surface area contributed by atoms with E-state index in [-0.39, 0.29) is 12.8 Å². The molecular weight excluding hydrogens is 842 g/mol. The van der Waals surface area contributed by atoms with Crippen molar-refractivity contribution in [3.05, 3.63) is 24.3 Å². The van der Waals surface area contributed by atoms with Crippen molar-refractivity contribution in [3.63, 3.8) is 0 Å². The van der Waals surface area contributed by atoms with Crippen LogP contribution in [0.15, 0.2) is 24.3 Å². The minimum Gasteiger partial charge on any atom is -0.463 e. The van der Waals surface area contributed by atoms with Crippen LogP contribution in [0.1, 0.15) is 194 Å². The molecule has 5 N–H and O–H groups in total. The van der Waals surface area contributed by atoms with Gasteiger partial charge in [0.15, 0.2) is 0 Å². The van der Waals surface area contributed by atoms with E-state index in [1.54, 1.807) is 0 Å². The van der Waals surface area contributed by atoms with Gasteiger partial charge in [0.25, 0.3) is 0 Å². The number of esters is 2. The molecule has 0 aliphatic rings. The average Bonchev–Trinajstić information content (AvgIpc) is 3.24. The normalized spacial score (nSPS) is 15.4. The van der Waals surface area contributed by atoms with Gasteiger partial charge >= 0.3 is 27.6 Å². The lowest BCUT2D eigenvalue weighted by atomic mass is 10.0. The number of aliphatic hydroxyl groups is 3. The number of rotatable bonds is 46. The Balaban J connectivity index is 3.89. The Hall–Kier alpha value is -1.48. The number of aliphatic hydroxyl groups excluding tert-OH is 3. The van der Waals surface area contributed by atoms with Gasteiger partial charge in [0.05, 0.1) is 26.4 Å². The van der Waals surface area contributed by atoms with Crippen LogP contribution in [0, 0.1) is 0 Å². The molecule has 0 saturated carbocycles. The summed E-state index contributed by atoms with van der Waals surface area (Å²) in [6, 6.07) is 0. The first-order chi connectivity index (χ1) is 29.8. The second-order valence-corrected chi connectivity index (χ2v) is 19.1. The first kappa shape index (κ1) is 60.5. The van der Waals surface area contributed by atoms with Crippen molar-refractivity contribution in [2.24, 2.45) is 0 Å². The molecule has 17 heteroatoms. The summed E-state index contributed by atoms with van der Waals surface area (Å²) in [6.45, 7) is 0.395. The van der Waals surface area contributed by atoms with Crippen molar-refractivity contribution in [1.82, 2.24) is 0 Å². The smallest absolute Gasteiger partial charge is 0.463 e. The van der Waals surface area contributed by atoms with Crippen molar-refractivity contribution in [2.45, 2.75) is 212 Å². The first-order valence-electron chi connectivity index (χ1n) is 23.7. The zero-order valence-electron chi connectivity index (χ0n) is 38.3. The predicted molar refractivity (Wildman–Crippen MR) is 242 cm³/mol. The summed E-state index contributed by atoms with van der Waals surface area (Å²) < 4.78 is 52.9. The first-order valence-corrected chi connectivity index (χ1v) is 26.7. The van der Waals surface area contributed by atoms with Crippen LogP contribution in [0.2, 0.25) is 0 Å². The van der Waals surface area contributed by atoms with Gasteiger partial charge in [0, 0.05) is 12.8 Å². The molecule has 366 valence electrons. The number of hydrogen-bond acceptors (Lipinski definition) is 13. The van der Waals surface area contributed by atoms with Gasteiger partial charge in [0.2, 0.25) is 0 Å². The number of allylic oxidation sites excluding steroid dienone is 4. The molecule has 0 bridgehead atoms. The maximum atomic E-state index is 12.1. The summed E-state index contributed by atoms with van der Waals surface area (Å²) in [7, 11) is -9.56. The molecule has 5 atom stereocenters. The fraction of sp³-hybridized carbons (Fsp3) is 0.867. The summed E-state index contributed by atoms with van der Waals surface area (Å²) in [5, 5.41) is 30.0. The number of phosphoric ester groups is 2. The molecule has 0 rings (SSSR count). The molecule has 62 heavy (non-hydrogen) atoms. The summed E-state index contributed by atoms with van der Waals surface area (Å²) in [6.07, 6.45) is 34.5. The second kappa shape index (κ2) is 42.2. The molecular formula is C45H86O15P2. The number of carbonyl (C=O) groups is 2. The topological polar surface area (TPSA) is 225 Å². The van der Waals surface area contributed by atoms with Crippen molar-refractivity contribution < 1.29 is 71.4 Å². The van der Waals surface area contributed by atoms with Gasteiger partial charge in [-0.05, 0) is 38.5 Å². The lowest BCUT2D eigenvalue weighted by Crippen LogP contribution is -2.25. The zero-order valence-corrected chi connectivity index (χ0v) is 40.1. The van der Waals surface area contributed by atoms with Crippen LogP contribution < -0.4 is 0 Å². The summed E-state index contributed by atoms with van der Waals surface area (Å²) in [5.74, 6) is -1.00. The van der Waals surface area contributed by atoms with E-state index in [1.807, 2.05) is 0 Å². The summed E-state index contributed by atoms with van der Waals surface area (Å²) in [5.41, 5.74) is 0. The van der Waals surface area contributed by atoms with E-state index in [4.69, 9.17) is 9.47 Å². The van der Waals surface area contributed by atoms with E-state index in [2.05, 4.69) is 56.2 Å². The van der Waals surface area contributed by atoms with Crippen LogP contribution in [0.25, 0.3) is 0 Å².